The third kappa shape index (κ3) is 1.55. The van der Waals surface area contributed by atoms with Gasteiger partial charge in [-0.25, -0.2) is 9.69 Å². The first kappa shape index (κ1) is 14.4. The van der Waals surface area contributed by atoms with Gasteiger partial charge in [-0.05, 0) is 11.1 Å². The molecule has 2 fully saturated rings. The van der Waals surface area contributed by atoms with Gasteiger partial charge >= 0.3 is 6.09 Å². The molecule has 2 aliphatic heterocycles. The van der Waals surface area contributed by atoms with E-state index in [4.69, 9.17) is 9.47 Å². The van der Waals surface area contributed by atoms with E-state index in [0.29, 0.717) is 11.1 Å². The number of hydrogen-bond acceptors (Lipinski definition) is 5. The molecule has 2 aromatic rings. The van der Waals surface area contributed by atoms with Crippen LogP contribution in [-0.4, -0.2) is 35.0 Å². The summed E-state index contributed by atoms with van der Waals surface area (Å²) in [6, 6.07) is 13.9. The van der Waals surface area contributed by atoms with E-state index in [2.05, 4.69) is 0 Å². The van der Waals surface area contributed by atoms with Crippen LogP contribution in [-0.2, 0) is 19.9 Å². The van der Waals surface area contributed by atoms with Crippen LogP contribution in [0.25, 0.3) is 11.1 Å². The molecule has 0 radical (unpaired) electrons. The Morgan fingerprint density at radius 3 is 2.36 bits per heavy atom. The van der Waals surface area contributed by atoms with E-state index in [0.717, 1.165) is 16.0 Å². The first-order chi connectivity index (χ1) is 12.1. The molecule has 5 rings (SSSR count). The molecular formula is C19H13NO5. The molecule has 0 N–H and O–H groups in total. The maximum atomic E-state index is 13.4. The highest BCUT2D eigenvalue weighted by Crippen LogP contribution is 2.56. The number of rotatable bonds is 0. The van der Waals surface area contributed by atoms with Crippen molar-refractivity contribution >= 4 is 17.8 Å². The minimum Gasteiger partial charge on any atom is -0.417 e. The smallest absolute Gasteiger partial charge is 0.417 e. The first-order valence-corrected chi connectivity index (χ1v) is 7.97. The maximum Gasteiger partial charge on any atom is 0.419 e. The lowest BCUT2D eigenvalue weighted by molar-refractivity contribution is -0.278. The summed E-state index contributed by atoms with van der Waals surface area (Å²) in [7, 11) is 0. The number of fused-ring (bicyclic) bond motifs is 6. The second-order valence-corrected chi connectivity index (χ2v) is 6.36. The Morgan fingerprint density at radius 1 is 1.00 bits per heavy atom. The highest BCUT2D eigenvalue weighted by molar-refractivity contribution is 6.14. The zero-order valence-electron chi connectivity index (χ0n) is 13.3. The van der Waals surface area contributed by atoms with Crippen molar-refractivity contribution < 1.29 is 23.9 Å². The molecule has 6 heteroatoms. The SMILES string of the molecule is CC(=O)N1C(=O)OC2OC3(C(=O)c4ccccc4-c4ccccc43)C21. The lowest BCUT2D eigenvalue weighted by Gasteiger charge is -2.52. The Hall–Kier alpha value is -2.99. The summed E-state index contributed by atoms with van der Waals surface area (Å²) >= 11 is 0. The standard InChI is InChI=1S/C19H13NO5/c1-10(21)20-15-17(24-18(20)23)25-19(15)14-9-5-4-7-12(14)11-6-2-3-8-13(11)16(19)22/h2-9,15,17H,1H3. The molecule has 6 nitrogen and oxygen atoms in total. The number of benzene rings is 2. The Balaban J connectivity index is 1.77. The largest absolute Gasteiger partial charge is 0.419 e. The van der Waals surface area contributed by atoms with E-state index in [1.54, 1.807) is 18.2 Å². The molecule has 25 heavy (non-hydrogen) atoms. The molecule has 3 atom stereocenters. The molecule has 2 aromatic carbocycles. The number of Topliss-reactive ketones (excluding diaryl/α,β-unsaturated/α-hetero) is 1. The molecular weight excluding hydrogens is 322 g/mol. The van der Waals surface area contributed by atoms with E-state index in [1.807, 2.05) is 30.3 Å². The van der Waals surface area contributed by atoms with Gasteiger partial charge in [-0.2, -0.15) is 0 Å². The van der Waals surface area contributed by atoms with Gasteiger partial charge in [0.15, 0.2) is 5.60 Å². The van der Waals surface area contributed by atoms with Crippen LogP contribution in [0, 0.1) is 0 Å². The van der Waals surface area contributed by atoms with Gasteiger partial charge in [0, 0.05) is 18.1 Å². The van der Waals surface area contributed by atoms with E-state index < -0.39 is 29.9 Å². The molecule has 2 heterocycles. The van der Waals surface area contributed by atoms with Crippen LogP contribution in [0.1, 0.15) is 22.8 Å². The maximum absolute atomic E-state index is 13.4. The number of carbonyl (C=O) groups is 3. The summed E-state index contributed by atoms with van der Waals surface area (Å²) in [6.07, 6.45) is -1.69. The van der Waals surface area contributed by atoms with Gasteiger partial charge in [0.2, 0.25) is 18.0 Å². The van der Waals surface area contributed by atoms with Crippen molar-refractivity contribution in [2.75, 3.05) is 0 Å². The van der Waals surface area contributed by atoms with E-state index >= 15 is 0 Å². The topological polar surface area (TPSA) is 72.9 Å². The van der Waals surface area contributed by atoms with E-state index in [-0.39, 0.29) is 5.78 Å². The molecule has 0 bridgehead atoms. The molecule has 0 saturated carbocycles. The van der Waals surface area contributed by atoms with Gasteiger partial charge in [0.05, 0.1) is 0 Å². The third-order valence-electron chi connectivity index (χ3n) is 5.13. The van der Waals surface area contributed by atoms with E-state index in [1.165, 1.54) is 6.92 Å². The summed E-state index contributed by atoms with van der Waals surface area (Å²) in [5, 5.41) is 0. The van der Waals surface area contributed by atoms with Crippen LogP contribution in [0.15, 0.2) is 48.5 Å². The van der Waals surface area contributed by atoms with Gasteiger partial charge in [-0.15, -0.1) is 0 Å². The van der Waals surface area contributed by atoms with Gasteiger partial charge in [-0.3, -0.25) is 9.59 Å². The van der Waals surface area contributed by atoms with Crippen molar-refractivity contribution in [2.45, 2.75) is 24.9 Å². The monoisotopic (exact) mass is 335 g/mol. The lowest BCUT2D eigenvalue weighted by atomic mass is 9.68. The second kappa shape index (κ2) is 4.55. The predicted molar refractivity (Wildman–Crippen MR) is 85.5 cm³/mol. The van der Waals surface area contributed by atoms with Crippen LogP contribution in [0.5, 0.6) is 0 Å². The number of nitrogens with zero attached hydrogens (tertiary/aromatic N) is 1. The molecule has 1 aliphatic carbocycles. The Morgan fingerprint density at radius 2 is 1.64 bits per heavy atom. The fraction of sp³-hybridized carbons (Fsp3) is 0.211. The van der Waals surface area contributed by atoms with Crippen molar-refractivity contribution in [1.29, 1.82) is 0 Å². The molecule has 2 saturated heterocycles. The third-order valence-corrected chi connectivity index (χ3v) is 5.13. The quantitative estimate of drug-likeness (QED) is 0.739. The number of amides is 2. The number of imide groups is 1. The highest BCUT2D eigenvalue weighted by Gasteiger charge is 2.72. The fourth-order valence-corrected chi connectivity index (χ4v) is 4.11. The summed E-state index contributed by atoms with van der Waals surface area (Å²) < 4.78 is 11.0. The summed E-state index contributed by atoms with van der Waals surface area (Å²) in [5.41, 5.74) is 1.44. The number of hydrogen-bond donors (Lipinski definition) is 0. The van der Waals surface area contributed by atoms with Crippen LogP contribution in [0.3, 0.4) is 0 Å². The van der Waals surface area contributed by atoms with Gasteiger partial charge < -0.3 is 9.47 Å². The van der Waals surface area contributed by atoms with Gasteiger partial charge in [-0.1, -0.05) is 48.5 Å². The van der Waals surface area contributed by atoms with Crippen molar-refractivity contribution in [3.8, 4) is 11.1 Å². The molecule has 3 aliphatic rings. The molecule has 1 spiro atoms. The normalized spacial score (nSPS) is 28.8. The molecule has 3 unspecified atom stereocenters. The zero-order chi connectivity index (χ0) is 17.3. The Labute approximate surface area is 142 Å². The fourth-order valence-electron chi connectivity index (χ4n) is 4.11. The zero-order valence-corrected chi connectivity index (χ0v) is 13.3. The van der Waals surface area contributed by atoms with Crippen LogP contribution in [0.4, 0.5) is 4.79 Å². The van der Waals surface area contributed by atoms with Crippen LogP contribution >= 0.6 is 0 Å². The minimum absolute atomic E-state index is 0.257. The summed E-state index contributed by atoms with van der Waals surface area (Å²) in [4.78, 5) is 38.4. The van der Waals surface area contributed by atoms with Crippen molar-refractivity contribution in [3.05, 3.63) is 59.7 Å². The first-order valence-electron chi connectivity index (χ1n) is 7.97. The van der Waals surface area contributed by atoms with E-state index in [9.17, 15) is 14.4 Å². The number of carbonyl (C=O) groups excluding carboxylic acids is 3. The van der Waals surface area contributed by atoms with Crippen molar-refractivity contribution in [2.24, 2.45) is 0 Å². The van der Waals surface area contributed by atoms with Crippen molar-refractivity contribution in [3.63, 3.8) is 0 Å². The summed E-state index contributed by atoms with van der Waals surface area (Å²) in [6.45, 7) is 1.28. The Bertz CT molecular complexity index is 968. The molecule has 124 valence electrons. The van der Waals surface area contributed by atoms with Gasteiger partial charge in [0.1, 0.15) is 6.04 Å². The average molecular weight is 335 g/mol. The predicted octanol–water partition coefficient (Wildman–Crippen LogP) is 2.47. The Kier molecular flexibility index (Phi) is 2.61. The summed E-state index contributed by atoms with van der Waals surface area (Å²) in [5.74, 6) is -0.725. The minimum atomic E-state index is -1.41. The molecule has 0 aromatic heterocycles. The molecule has 2 amide bonds. The highest BCUT2D eigenvalue weighted by atomic mass is 16.8. The average Bonchev–Trinajstić information content (AvgIpc) is 2.88. The number of ketones is 1. The lowest BCUT2D eigenvalue weighted by Crippen LogP contribution is -2.70. The van der Waals surface area contributed by atoms with Gasteiger partial charge in [0.25, 0.3) is 0 Å². The number of ether oxygens (including phenoxy) is 2. The van der Waals surface area contributed by atoms with Crippen molar-refractivity contribution in [1.82, 2.24) is 4.90 Å². The van der Waals surface area contributed by atoms with Crippen LogP contribution in [0.2, 0.25) is 0 Å². The van der Waals surface area contributed by atoms with Crippen LogP contribution < -0.4 is 0 Å². The second-order valence-electron chi connectivity index (χ2n) is 6.36.